The lowest BCUT2D eigenvalue weighted by Crippen LogP contribution is -2.39. The Hall–Kier alpha value is -0.610. The predicted molar refractivity (Wildman–Crippen MR) is 57.4 cm³/mol. The van der Waals surface area contributed by atoms with Gasteiger partial charge in [-0.1, -0.05) is 6.92 Å². The number of amides is 1. The molecule has 1 saturated carbocycles. The van der Waals surface area contributed by atoms with Crippen LogP contribution in [0, 0.1) is 11.8 Å². The maximum Gasteiger partial charge on any atom is 0.227 e. The molecule has 1 rings (SSSR count). The molecule has 1 amide bonds. The maximum absolute atomic E-state index is 11.7. The Labute approximate surface area is 91.2 Å². The first-order valence-corrected chi connectivity index (χ1v) is 5.48. The number of carbonyl (C=O) groups is 1. The second-order valence-electron chi connectivity index (χ2n) is 4.48. The molecule has 0 saturated heterocycles. The lowest BCUT2D eigenvalue weighted by molar-refractivity contribution is -0.136. The van der Waals surface area contributed by atoms with Gasteiger partial charge in [-0.3, -0.25) is 4.79 Å². The Morgan fingerprint density at radius 2 is 2.20 bits per heavy atom. The molecule has 1 aliphatic carbocycles. The summed E-state index contributed by atoms with van der Waals surface area (Å²) in [6.45, 7) is 2.71. The van der Waals surface area contributed by atoms with Crippen LogP contribution in [0.15, 0.2) is 0 Å². The zero-order chi connectivity index (χ0) is 11.4. The molecule has 2 atom stereocenters. The molecule has 0 aromatic heterocycles. The molecule has 1 fully saturated rings. The van der Waals surface area contributed by atoms with Crippen molar-refractivity contribution in [1.82, 2.24) is 4.90 Å². The van der Waals surface area contributed by atoms with Gasteiger partial charge in [0.25, 0.3) is 0 Å². The summed E-state index contributed by atoms with van der Waals surface area (Å²) >= 11 is 0. The highest BCUT2D eigenvalue weighted by molar-refractivity contribution is 5.78. The van der Waals surface area contributed by atoms with Gasteiger partial charge in [0, 0.05) is 20.7 Å². The molecule has 0 aromatic rings. The van der Waals surface area contributed by atoms with E-state index in [9.17, 15) is 9.90 Å². The molecule has 2 unspecified atom stereocenters. The van der Waals surface area contributed by atoms with E-state index in [1.165, 1.54) is 0 Å². The second kappa shape index (κ2) is 5.47. The van der Waals surface area contributed by atoms with E-state index >= 15 is 0 Å². The Bertz CT molecular complexity index is 216. The van der Waals surface area contributed by atoms with Crippen molar-refractivity contribution in [3.8, 4) is 0 Å². The first-order chi connectivity index (χ1) is 7.06. The second-order valence-corrected chi connectivity index (χ2v) is 4.48. The summed E-state index contributed by atoms with van der Waals surface area (Å²) in [5.41, 5.74) is 0. The van der Waals surface area contributed by atoms with Crippen molar-refractivity contribution in [2.24, 2.45) is 11.8 Å². The molecule has 4 nitrogen and oxygen atoms in total. The fraction of sp³-hybridized carbons (Fsp3) is 0.909. The van der Waals surface area contributed by atoms with E-state index in [-0.39, 0.29) is 17.9 Å². The van der Waals surface area contributed by atoms with Gasteiger partial charge in [0.15, 0.2) is 0 Å². The largest absolute Gasteiger partial charge is 0.391 e. The predicted octanol–water partition coefficient (Wildman–Crippen LogP) is 0.498. The SMILES string of the molecule is COCC(C)C(=O)N(C)CC(O)C1CC1. The molecular weight excluding hydrogens is 194 g/mol. The minimum absolute atomic E-state index is 0.0385. The van der Waals surface area contributed by atoms with Crippen LogP contribution in [0.2, 0.25) is 0 Å². The fourth-order valence-corrected chi connectivity index (χ4v) is 1.70. The number of hydrogen-bond donors (Lipinski definition) is 1. The zero-order valence-electron chi connectivity index (χ0n) is 9.77. The smallest absolute Gasteiger partial charge is 0.227 e. The van der Waals surface area contributed by atoms with Gasteiger partial charge >= 0.3 is 0 Å². The molecule has 0 radical (unpaired) electrons. The summed E-state index contributed by atoms with van der Waals surface area (Å²) < 4.78 is 4.93. The fourth-order valence-electron chi connectivity index (χ4n) is 1.70. The highest BCUT2D eigenvalue weighted by atomic mass is 16.5. The molecule has 1 aliphatic rings. The van der Waals surface area contributed by atoms with Gasteiger partial charge in [0.05, 0.1) is 18.6 Å². The average molecular weight is 215 g/mol. The topological polar surface area (TPSA) is 49.8 Å². The molecule has 0 spiro atoms. The summed E-state index contributed by atoms with van der Waals surface area (Å²) in [7, 11) is 3.32. The average Bonchev–Trinajstić information content (AvgIpc) is 2.99. The number of methoxy groups -OCH3 is 1. The normalized spacial score (nSPS) is 19.7. The number of likely N-dealkylation sites (N-methyl/N-ethyl adjacent to an activating group) is 1. The summed E-state index contributed by atoms with van der Waals surface area (Å²) in [4.78, 5) is 13.4. The van der Waals surface area contributed by atoms with Gasteiger partial charge in [-0.25, -0.2) is 0 Å². The molecule has 0 bridgehead atoms. The van der Waals surface area contributed by atoms with Gasteiger partial charge in [-0.2, -0.15) is 0 Å². The van der Waals surface area contributed by atoms with Gasteiger partial charge < -0.3 is 14.7 Å². The van der Waals surface area contributed by atoms with Crippen molar-refractivity contribution < 1.29 is 14.6 Å². The van der Waals surface area contributed by atoms with Crippen molar-refractivity contribution in [2.75, 3.05) is 27.3 Å². The number of aliphatic hydroxyl groups excluding tert-OH is 1. The number of ether oxygens (including phenoxy) is 1. The summed E-state index contributed by atoms with van der Waals surface area (Å²) in [5.74, 6) is 0.320. The van der Waals surface area contributed by atoms with Gasteiger partial charge in [0.2, 0.25) is 5.91 Å². The van der Waals surface area contributed by atoms with Crippen LogP contribution in [-0.4, -0.2) is 49.3 Å². The van der Waals surface area contributed by atoms with E-state index in [0.29, 0.717) is 19.1 Å². The van der Waals surface area contributed by atoms with Crippen LogP contribution in [0.4, 0.5) is 0 Å². The number of aliphatic hydroxyl groups is 1. The van der Waals surface area contributed by atoms with E-state index in [4.69, 9.17) is 4.74 Å². The third-order valence-electron chi connectivity index (χ3n) is 2.84. The summed E-state index contributed by atoms with van der Waals surface area (Å²) in [6.07, 6.45) is 1.84. The van der Waals surface area contributed by atoms with Crippen LogP contribution >= 0.6 is 0 Å². The minimum Gasteiger partial charge on any atom is -0.391 e. The first-order valence-electron chi connectivity index (χ1n) is 5.48. The van der Waals surface area contributed by atoms with Crippen molar-refractivity contribution in [1.29, 1.82) is 0 Å². The van der Waals surface area contributed by atoms with Crippen LogP contribution in [0.1, 0.15) is 19.8 Å². The Balaban J connectivity index is 2.30. The van der Waals surface area contributed by atoms with Crippen molar-refractivity contribution in [3.63, 3.8) is 0 Å². The van der Waals surface area contributed by atoms with Crippen molar-refractivity contribution in [3.05, 3.63) is 0 Å². The molecule has 0 aliphatic heterocycles. The number of carbonyl (C=O) groups excluding carboxylic acids is 1. The molecule has 0 aromatic carbocycles. The van der Waals surface area contributed by atoms with Crippen LogP contribution in [0.3, 0.4) is 0 Å². The number of nitrogens with zero attached hydrogens (tertiary/aromatic N) is 1. The van der Waals surface area contributed by atoms with Crippen LogP contribution < -0.4 is 0 Å². The Morgan fingerprint density at radius 1 is 1.60 bits per heavy atom. The van der Waals surface area contributed by atoms with E-state index in [0.717, 1.165) is 12.8 Å². The third kappa shape index (κ3) is 3.80. The molecular formula is C11H21NO3. The number of rotatable bonds is 6. The maximum atomic E-state index is 11.7. The van der Waals surface area contributed by atoms with Gasteiger partial charge in [0.1, 0.15) is 0 Å². The summed E-state index contributed by atoms with van der Waals surface area (Å²) in [6, 6.07) is 0. The van der Waals surface area contributed by atoms with Crippen LogP contribution in [0.25, 0.3) is 0 Å². The molecule has 88 valence electrons. The van der Waals surface area contributed by atoms with E-state index in [1.54, 1.807) is 19.1 Å². The van der Waals surface area contributed by atoms with E-state index in [1.807, 2.05) is 6.92 Å². The standard InChI is InChI=1S/C11H21NO3/c1-8(7-15-3)11(14)12(2)6-10(13)9-4-5-9/h8-10,13H,4-7H2,1-3H3. The Kier molecular flexibility index (Phi) is 4.54. The van der Waals surface area contributed by atoms with Gasteiger partial charge in [-0.15, -0.1) is 0 Å². The highest BCUT2D eigenvalue weighted by Crippen LogP contribution is 2.32. The van der Waals surface area contributed by atoms with Crippen molar-refractivity contribution in [2.45, 2.75) is 25.9 Å². The minimum atomic E-state index is -0.353. The van der Waals surface area contributed by atoms with Crippen LogP contribution in [-0.2, 0) is 9.53 Å². The zero-order valence-corrected chi connectivity index (χ0v) is 9.77. The highest BCUT2D eigenvalue weighted by Gasteiger charge is 2.31. The lowest BCUT2D eigenvalue weighted by atomic mass is 10.1. The van der Waals surface area contributed by atoms with Crippen LogP contribution in [0.5, 0.6) is 0 Å². The molecule has 15 heavy (non-hydrogen) atoms. The Morgan fingerprint density at radius 3 is 2.67 bits per heavy atom. The molecule has 1 N–H and O–H groups in total. The van der Waals surface area contributed by atoms with Gasteiger partial charge in [-0.05, 0) is 18.8 Å². The third-order valence-corrected chi connectivity index (χ3v) is 2.84. The van der Waals surface area contributed by atoms with Crippen molar-refractivity contribution >= 4 is 5.91 Å². The number of hydrogen-bond acceptors (Lipinski definition) is 3. The quantitative estimate of drug-likeness (QED) is 0.702. The van der Waals surface area contributed by atoms with E-state index in [2.05, 4.69) is 0 Å². The molecule has 0 heterocycles. The molecule has 4 heteroatoms. The first kappa shape index (κ1) is 12.5. The monoisotopic (exact) mass is 215 g/mol. The lowest BCUT2D eigenvalue weighted by Gasteiger charge is -2.23. The van der Waals surface area contributed by atoms with E-state index < -0.39 is 0 Å². The summed E-state index contributed by atoms with van der Waals surface area (Å²) in [5, 5.41) is 9.69.